The molecule has 1 aromatic heterocycles. The molecule has 5 nitrogen and oxygen atoms in total. The first-order valence-electron chi connectivity index (χ1n) is 12.6. The maximum Gasteiger partial charge on any atom is 0.331 e. The summed E-state index contributed by atoms with van der Waals surface area (Å²) in [5.41, 5.74) is 1.87. The van der Waals surface area contributed by atoms with Gasteiger partial charge in [0.15, 0.2) is 5.78 Å². The molecule has 0 saturated carbocycles. The molecular weight excluding hydrogens is 501 g/mol. The van der Waals surface area contributed by atoms with Gasteiger partial charge in [-0.1, -0.05) is 36.4 Å². The summed E-state index contributed by atoms with van der Waals surface area (Å²) in [5.74, 6) is -0.348. The molecule has 0 saturated heterocycles. The fourth-order valence-electron chi connectivity index (χ4n) is 4.74. The Labute approximate surface area is 226 Å². The number of Topliss-reactive ketones (excluding diaryl/α,β-unsaturated/α-hetero) is 1. The lowest BCUT2D eigenvalue weighted by atomic mass is 9.83. The molecule has 1 heterocycles. The lowest BCUT2D eigenvalue weighted by Crippen LogP contribution is -2.34. The molecule has 2 aromatic carbocycles. The monoisotopic (exact) mass is 531 g/mol. The summed E-state index contributed by atoms with van der Waals surface area (Å²) in [6.45, 7) is 13.3. The number of hydrogen-bond donors (Lipinski definition) is 0. The van der Waals surface area contributed by atoms with E-state index in [0.29, 0.717) is 10.6 Å². The van der Waals surface area contributed by atoms with E-state index in [-0.39, 0.29) is 30.3 Å². The van der Waals surface area contributed by atoms with E-state index in [0.717, 1.165) is 41.0 Å². The van der Waals surface area contributed by atoms with E-state index in [4.69, 9.17) is 16.0 Å². The number of rotatable bonds is 9. The lowest BCUT2D eigenvalue weighted by molar-refractivity contribution is -0.152. The van der Waals surface area contributed by atoms with Gasteiger partial charge in [-0.15, -0.1) is 0 Å². The summed E-state index contributed by atoms with van der Waals surface area (Å²) < 4.78 is 25.8. The van der Waals surface area contributed by atoms with Crippen molar-refractivity contribution in [2.75, 3.05) is 6.61 Å². The third kappa shape index (κ3) is 6.20. The van der Waals surface area contributed by atoms with Crippen molar-refractivity contribution in [3.63, 3.8) is 0 Å². The van der Waals surface area contributed by atoms with Crippen molar-refractivity contribution in [3.8, 4) is 5.75 Å². The number of esters is 1. The predicted octanol–water partition coefficient (Wildman–Crippen LogP) is 7.41. The highest BCUT2D eigenvalue weighted by Crippen LogP contribution is 2.46. The average molecular weight is 532 g/mol. The molecule has 4 rings (SSSR count). The number of ether oxygens (including phenoxy) is 2. The van der Waals surface area contributed by atoms with Crippen LogP contribution in [0.3, 0.4) is 0 Å². The highest BCUT2D eigenvalue weighted by molar-refractivity contribution is 7.13. The van der Waals surface area contributed by atoms with Gasteiger partial charge in [0, 0.05) is 17.4 Å². The maximum atomic E-state index is 14.1. The van der Waals surface area contributed by atoms with E-state index in [1.54, 1.807) is 25.1 Å². The average Bonchev–Trinajstić information content (AvgIpc) is 3.23. The van der Waals surface area contributed by atoms with Crippen LogP contribution in [0.15, 0.2) is 60.7 Å². The Balaban J connectivity index is 1.51. The van der Waals surface area contributed by atoms with Crippen molar-refractivity contribution >= 4 is 28.8 Å². The molecule has 0 bridgehead atoms. The van der Waals surface area contributed by atoms with Crippen LogP contribution in [0.25, 0.3) is 4.85 Å². The Bertz CT molecular complexity index is 1420. The molecule has 1 aliphatic carbocycles. The molecular formula is C31H30FNO4S. The third-order valence-corrected chi connectivity index (χ3v) is 7.77. The van der Waals surface area contributed by atoms with Crippen molar-refractivity contribution in [1.82, 2.24) is 0 Å². The summed E-state index contributed by atoms with van der Waals surface area (Å²) in [5, 5.41) is 0. The van der Waals surface area contributed by atoms with Gasteiger partial charge in [0.1, 0.15) is 23.8 Å². The van der Waals surface area contributed by atoms with Crippen LogP contribution < -0.4 is 4.74 Å². The van der Waals surface area contributed by atoms with E-state index in [2.05, 4.69) is 10.9 Å². The SMILES string of the molecule is [C-]#[N+]c1c(CC(=O)c2ccccc2F)sc2c1CCC(c1ccccc1OCC(C)(C)OC(=O)/C=C/C)C2. The van der Waals surface area contributed by atoms with Crippen molar-refractivity contribution in [2.45, 2.75) is 58.0 Å². The van der Waals surface area contributed by atoms with Gasteiger partial charge in [-0.2, -0.15) is 11.3 Å². The molecule has 38 heavy (non-hydrogen) atoms. The normalized spacial score (nSPS) is 15.1. The first kappa shape index (κ1) is 27.3. The highest BCUT2D eigenvalue weighted by atomic mass is 32.1. The Hall–Kier alpha value is -3.76. The van der Waals surface area contributed by atoms with Crippen molar-refractivity contribution < 1.29 is 23.5 Å². The lowest BCUT2D eigenvalue weighted by Gasteiger charge is -2.28. The number of halogens is 1. The number of carbonyl (C=O) groups is 2. The summed E-state index contributed by atoms with van der Waals surface area (Å²) in [6, 6.07) is 13.8. The van der Waals surface area contributed by atoms with Crippen LogP contribution in [0.5, 0.6) is 5.75 Å². The third-order valence-electron chi connectivity index (χ3n) is 6.53. The van der Waals surface area contributed by atoms with Crippen molar-refractivity contribution in [2.24, 2.45) is 0 Å². The molecule has 0 amide bonds. The molecule has 1 aliphatic rings. The second kappa shape index (κ2) is 11.7. The summed E-state index contributed by atoms with van der Waals surface area (Å²) in [4.78, 5) is 30.3. The van der Waals surface area contributed by atoms with Crippen LogP contribution in [0.4, 0.5) is 10.1 Å². The molecule has 196 valence electrons. The van der Waals surface area contributed by atoms with Crippen molar-refractivity contribution in [3.05, 3.63) is 104 Å². The molecule has 0 N–H and O–H groups in total. The van der Waals surface area contributed by atoms with Gasteiger partial charge in [-0.05, 0) is 80.2 Å². The minimum Gasteiger partial charge on any atom is -0.489 e. The zero-order chi connectivity index (χ0) is 27.3. The van der Waals surface area contributed by atoms with Gasteiger partial charge >= 0.3 is 5.97 Å². The zero-order valence-electron chi connectivity index (χ0n) is 21.8. The van der Waals surface area contributed by atoms with Crippen LogP contribution in [-0.2, 0) is 28.8 Å². The highest BCUT2D eigenvalue weighted by Gasteiger charge is 2.30. The maximum absolute atomic E-state index is 14.1. The topological polar surface area (TPSA) is 57.0 Å². The van der Waals surface area contributed by atoms with Crippen LogP contribution in [0.1, 0.15) is 64.3 Å². The second-order valence-corrected chi connectivity index (χ2v) is 11.1. The molecule has 1 unspecified atom stereocenters. The number of benzene rings is 2. The van der Waals surface area contributed by atoms with E-state index in [9.17, 15) is 14.0 Å². The standard InChI is InChI=1S/C31H30FNO4S/c1-5-10-29(35)37-31(2,3)19-36-26-14-9-7-11-21(26)20-15-16-23-27(17-20)38-28(30(23)33-4)18-25(34)22-12-6-8-13-24(22)32/h5-14,20H,15-19H2,1-3H3/b10-5+. The number of nitrogens with zero attached hydrogens (tertiary/aromatic N) is 1. The number of allylic oxidation sites excluding steroid dienone is 1. The Morgan fingerprint density at radius 1 is 1.18 bits per heavy atom. The van der Waals surface area contributed by atoms with Gasteiger partial charge in [0.2, 0.25) is 5.69 Å². The molecule has 3 aromatic rings. The molecule has 0 aliphatic heterocycles. The van der Waals surface area contributed by atoms with E-state index < -0.39 is 17.4 Å². The Morgan fingerprint density at radius 2 is 1.92 bits per heavy atom. The van der Waals surface area contributed by atoms with Gasteiger partial charge in [0.25, 0.3) is 0 Å². The summed E-state index contributed by atoms with van der Waals surface area (Å²) in [6.07, 6.45) is 5.33. The largest absolute Gasteiger partial charge is 0.489 e. The van der Waals surface area contributed by atoms with Crippen LogP contribution in [-0.4, -0.2) is 24.0 Å². The first-order chi connectivity index (χ1) is 18.2. The second-order valence-electron chi connectivity index (χ2n) is 9.91. The number of ketones is 1. The first-order valence-corrected chi connectivity index (χ1v) is 13.4. The molecule has 0 fully saturated rings. The van der Waals surface area contributed by atoms with E-state index in [1.165, 1.54) is 29.5 Å². The number of carbonyl (C=O) groups excluding carboxylic acids is 2. The smallest absolute Gasteiger partial charge is 0.331 e. The summed E-state index contributed by atoms with van der Waals surface area (Å²) >= 11 is 1.49. The number of fused-ring (bicyclic) bond motifs is 1. The summed E-state index contributed by atoms with van der Waals surface area (Å²) in [7, 11) is 0. The van der Waals surface area contributed by atoms with Crippen LogP contribution in [0, 0.1) is 12.4 Å². The molecule has 0 spiro atoms. The minimum atomic E-state index is -0.804. The number of thiophene rings is 1. The Kier molecular flexibility index (Phi) is 8.43. The predicted molar refractivity (Wildman–Crippen MR) is 147 cm³/mol. The van der Waals surface area contributed by atoms with Crippen molar-refractivity contribution in [1.29, 1.82) is 0 Å². The quantitative estimate of drug-likeness (QED) is 0.125. The Morgan fingerprint density at radius 3 is 2.66 bits per heavy atom. The van der Waals surface area contributed by atoms with Gasteiger partial charge in [-0.3, -0.25) is 4.79 Å². The minimum absolute atomic E-state index is 0.0156. The fraction of sp³-hybridized carbons (Fsp3) is 0.323. The number of hydrogen-bond acceptors (Lipinski definition) is 5. The fourth-order valence-corrected chi connectivity index (χ4v) is 6.11. The van der Waals surface area contributed by atoms with Gasteiger partial charge < -0.3 is 9.47 Å². The molecule has 7 heteroatoms. The zero-order valence-corrected chi connectivity index (χ0v) is 22.6. The number of para-hydroxylation sites is 1. The molecule has 0 radical (unpaired) electrons. The molecule has 1 atom stereocenters. The van der Waals surface area contributed by atoms with Gasteiger partial charge in [-0.25, -0.2) is 14.0 Å². The van der Waals surface area contributed by atoms with Crippen LogP contribution >= 0.6 is 11.3 Å². The van der Waals surface area contributed by atoms with Crippen LogP contribution in [0.2, 0.25) is 0 Å². The van der Waals surface area contributed by atoms with E-state index >= 15 is 0 Å². The van der Waals surface area contributed by atoms with Gasteiger partial charge in [0.05, 0.1) is 12.1 Å². The van der Waals surface area contributed by atoms with E-state index in [1.807, 2.05) is 32.0 Å².